The zero-order valence-electron chi connectivity index (χ0n) is 19.1. The fourth-order valence-corrected chi connectivity index (χ4v) is 3.79. The monoisotopic (exact) mass is 468 g/mol. The Balaban J connectivity index is 3.04. The van der Waals surface area contributed by atoms with Gasteiger partial charge in [0, 0.05) is 24.0 Å². The highest BCUT2D eigenvalue weighted by atomic mass is 79.9. The van der Waals surface area contributed by atoms with E-state index in [1.54, 1.807) is 0 Å². The van der Waals surface area contributed by atoms with Gasteiger partial charge < -0.3 is 0 Å². The molecule has 1 rings (SSSR count). The van der Waals surface area contributed by atoms with Gasteiger partial charge in [-0.15, -0.1) is 5.54 Å². The van der Waals surface area contributed by atoms with Gasteiger partial charge in [0.15, 0.2) is 0 Å². The Morgan fingerprint density at radius 2 is 1.24 bits per heavy atom. The van der Waals surface area contributed by atoms with Crippen molar-refractivity contribution in [3.8, 4) is 35.1 Å². The van der Waals surface area contributed by atoms with Crippen LogP contribution in [0.15, 0.2) is 16.6 Å². The van der Waals surface area contributed by atoms with Crippen LogP contribution in [-0.4, -0.2) is 8.07 Å². The summed E-state index contributed by atoms with van der Waals surface area (Å²) in [6.07, 6.45) is 11.9. The van der Waals surface area contributed by atoms with Gasteiger partial charge in [-0.1, -0.05) is 102 Å². The summed E-state index contributed by atoms with van der Waals surface area (Å²) in [5.74, 6) is 16.8. The van der Waals surface area contributed by atoms with E-state index >= 15 is 0 Å². The lowest BCUT2D eigenvalue weighted by Gasteiger charge is -2.07. The van der Waals surface area contributed by atoms with E-state index in [9.17, 15) is 0 Å². The zero-order chi connectivity index (χ0) is 21.5. The van der Waals surface area contributed by atoms with Crippen LogP contribution in [0.4, 0.5) is 0 Å². The lowest BCUT2D eigenvalue weighted by atomic mass is 10.0. The molecule has 0 amide bonds. The van der Waals surface area contributed by atoms with Crippen molar-refractivity contribution in [3.63, 3.8) is 0 Å². The van der Waals surface area contributed by atoms with E-state index in [0.29, 0.717) is 0 Å². The number of benzene rings is 1. The lowest BCUT2D eigenvalue weighted by molar-refractivity contribution is 0.679. The van der Waals surface area contributed by atoms with Crippen LogP contribution >= 0.6 is 15.9 Å². The molecule has 0 heterocycles. The topological polar surface area (TPSA) is 0 Å². The maximum atomic E-state index is 3.78. The second kappa shape index (κ2) is 14.6. The van der Waals surface area contributed by atoms with E-state index in [-0.39, 0.29) is 0 Å². The maximum Gasteiger partial charge on any atom is 0.129 e. The first-order valence-electron chi connectivity index (χ1n) is 11.2. The van der Waals surface area contributed by atoms with Gasteiger partial charge in [0.2, 0.25) is 0 Å². The fraction of sp³-hybridized carbons (Fsp3) is 0.556. The zero-order valence-corrected chi connectivity index (χ0v) is 21.7. The van der Waals surface area contributed by atoms with Gasteiger partial charge in [0.25, 0.3) is 0 Å². The van der Waals surface area contributed by atoms with Crippen molar-refractivity contribution < 1.29 is 0 Å². The molecule has 1 aromatic carbocycles. The molecule has 0 saturated heterocycles. The fourth-order valence-electron chi connectivity index (χ4n) is 2.74. The predicted octanol–water partition coefficient (Wildman–Crippen LogP) is 8.32. The van der Waals surface area contributed by atoms with Crippen LogP contribution in [-0.2, 0) is 0 Å². The highest BCUT2D eigenvalue weighted by Crippen LogP contribution is 2.24. The molecule has 29 heavy (non-hydrogen) atoms. The molecule has 0 aliphatic carbocycles. The number of halogens is 1. The summed E-state index contributed by atoms with van der Waals surface area (Å²) >= 11 is 3.78. The molecule has 0 unspecified atom stereocenters. The lowest BCUT2D eigenvalue weighted by Crippen LogP contribution is -2.16. The van der Waals surface area contributed by atoms with E-state index in [2.05, 4.69) is 96.7 Å². The molecule has 2 heteroatoms. The third-order valence-corrected chi connectivity index (χ3v) is 6.16. The minimum Gasteiger partial charge on any atom is -0.127 e. The molecule has 0 aliphatic rings. The van der Waals surface area contributed by atoms with Crippen LogP contribution in [0.25, 0.3) is 0 Å². The third kappa shape index (κ3) is 11.4. The van der Waals surface area contributed by atoms with Gasteiger partial charge in [0.1, 0.15) is 8.07 Å². The molecule has 156 valence electrons. The van der Waals surface area contributed by atoms with Crippen molar-refractivity contribution in [1.29, 1.82) is 0 Å². The average Bonchev–Trinajstić information content (AvgIpc) is 2.67. The smallest absolute Gasteiger partial charge is 0.127 e. The van der Waals surface area contributed by atoms with Crippen molar-refractivity contribution >= 4 is 24.0 Å². The van der Waals surface area contributed by atoms with Crippen LogP contribution in [0.2, 0.25) is 19.6 Å². The van der Waals surface area contributed by atoms with Crippen molar-refractivity contribution in [3.05, 3.63) is 33.3 Å². The van der Waals surface area contributed by atoms with Gasteiger partial charge in [-0.2, -0.15) is 0 Å². The first-order chi connectivity index (χ1) is 13.9. The third-order valence-electron chi connectivity index (χ3n) is 4.46. The molecule has 0 atom stereocenters. The number of unbranched alkanes of at least 4 members (excludes halogenated alkanes) is 8. The van der Waals surface area contributed by atoms with E-state index in [4.69, 9.17) is 0 Å². The summed E-state index contributed by atoms with van der Waals surface area (Å²) in [7, 11) is -1.47. The normalized spacial score (nSPS) is 10.3. The Hall–Kier alpha value is -1.40. The molecular formula is C27H37BrSi. The summed E-state index contributed by atoms with van der Waals surface area (Å²) in [5.41, 5.74) is 6.55. The number of hydrogen-bond acceptors (Lipinski definition) is 0. The van der Waals surface area contributed by atoms with Crippen LogP contribution in [0, 0.1) is 35.1 Å². The Morgan fingerprint density at radius 1 is 0.724 bits per heavy atom. The van der Waals surface area contributed by atoms with Crippen molar-refractivity contribution in [2.45, 2.75) is 97.7 Å². The number of rotatable bonds is 8. The summed E-state index contributed by atoms with van der Waals surface area (Å²) < 4.78 is 1.00. The molecule has 0 radical (unpaired) electrons. The van der Waals surface area contributed by atoms with Gasteiger partial charge in [0.05, 0.1) is 10.0 Å². The molecule has 0 saturated carbocycles. The Morgan fingerprint density at radius 3 is 1.76 bits per heavy atom. The van der Waals surface area contributed by atoms with Gasteiger partial charge in [-0.3, -0.25) is 0 Å². The van der Waals surface area contributed by atoms with Crippen molar-refractivity contribution in [2.24, 2.45) is 0 Å². The van der Waals surface area contributed by atoms with E-state index in [1.165, 1.54) is 51.4 Å². The summed E-state index contributed by atoms with van der Waals surface area (Å²) in [6, 6.07) is 4.18. The Labute approximate surface area is 189 Å². The second-order valence-electron chi connectivity index (χ2n) is 8.57. The highest BCUT2D eigenvalue weighted by Gasteiger charge is 2.11. The molecule has 0 nitrogen and oxygen atoms in total. The van der Waals surface area contributed by atoms with E-state index < -0.39 is 8.07 Å². The van der Waals surface area contributed by atoms with Crippen molar-refractivity contribution in [1.82, 2.24) is 0 Å². The summed E-state index contributed by atoms with van der Waals surface area (Å²) in [6.45, 7) is 11.3. The molecular weight excluding hydrogens is 432 g/mol. The Bertz CT molecular complexity index is 810. The standard InChI is InChI=1S/C27H37BrSi/c1-6-8-10-12-14-16-18-24-20-21-25(19-17-15-13-11-9-7-2)27(28)26(24)22-23-29(3,4)5/h20-21H,6-15H2,1-5H3. The van der Waals surface area contributed by atoms with Gasteiger partial charge in [-0.05, 0) is 40.9 Å². The predicted molar refractivity (Wildman–Crippen MR) is 136 cm³/mol. The van der Waals surface area contributed by atoms with E-state index in [0.717, 1.165) is 34.0 Å². The molecule has 0 spiro atoms. The number of hydrogen-bond donors (Lipinski definition) is 0. The van der Waals surface area contributed by atoms with Crippen LogP contribution in [0.5, 0.6) is 0 Å². The van der Waals surface area contributed by atoms with Crippen LogP contribution < -0.4 is 0 Å². The van der Waals surface area contributed by atoms with Gasteiger partial charge >= 0.3 is 0 Å². The molecule has 0 aromatic heterocycles. The first-order valence-corrected chi connectivity index (χ1v) is 15.5. The largest absolute Gasteiger partial charge is 0.129 e. The van der Waals surface area contributed by atoms with Crippen molar-refractivity contribution in [2.75, 3.05) is 0 Å². The van der Waals surface area contributed by atoms with Crippen LogP contribution in [0.3, 0.4) is 0 Å². The summed E-state index contributed by atoms with van der Waals surface area (Å²) in [4.78, 5) is 0. The average molecular weight is 470 g/mol. The van der Waals surface area contributed by atoms with Crippen LogP contribution in [0.1, 0.15) is 94.7 Å². The minimum absolute atomic E-state index is 0.956. The SMILES string of the molecule is CCCCCCC#Cc1ccc(C#CCCCCCC)c(C#C[Si](C)(C)C)c1Br. The second-order valence-corrected chi connectivity index (χ2v) is 14.1. The minimum atomic E-state index is -1.47. The highest BCUT2D eigenvalue weighted by molar-refractivity contribution is 9.10. The Kier molecular flexibility index (Phi) is 12.9. The molecule has 0 bridgehead atoms. The molecule has 0 fully saturated rings. The quantitative estimate of drug-likeness (QED) is 0.204. The molecule has 0 N–H and O–H groups in total. The van der Waals surface area contributed by atoms with E-state index in [1.807, 2.05) is 0 Å². The summed E-state index contributed by atoms with van der Waals surface area (Å²) in [5, 5.41) is 0. The van der Waals surface area contributed by atoms with Gasteiger partial charge in [-0.25, -0.2) is 0 Å². The maximum absolute atomic E-state index is 3.78. The molecule has 0 aliphatic heterocycles. The molecule has 1 aromatic rings. The first kappa shape index (κ1) is 25.6.